The van der Waals surface area contributed by atoms with Crippen molar-refractivity contribution in [1.82, 2.24) is 19.9 Å². The predicted molar refractivity (Wildman–Crippen MR) is 90.1 cm³/mol. The number of nitrogens with zero attached hydrogens (tertiary/aromatic N) is 2. The van der Waals surface area contributed by atoms with Gasteiger partial charge in [0.05, 0.1) is 4.90 Å². The number of hydrogen-bond donors (Lipinski definition) is 2. The van der Waals surface area contributed by atoms with Crippen LogP contribution in [0.5, 0.6) is 0 Å². The molecule has 1 aliphatic carbocycles. The van der Waals surface area contributed by atoms with E-state index in [-0.39, 0.29) is 16.2 Å². The second-order valence-electron chi connectivity index (χ2n) is 5.41. The SMILES string of the molecule is O=S(=O)(N[C@@H]1CCCC[C@@H]1Sc1ncn[nH]1)c1ccc(Cl)cc1. The van der Waals surface area contributed by atoms with Crippen molar-refractivity contribution in [3.05, 3.63) is 35.6 Å². The van der Waals surface area contributed by atoms with E-state index in [1.54, 1.807) is 23.9 Å². The standard InChI is InChI=1S/C14H17ClN4O2S2/c15-10-5-7-11(8-6-10)23(20,21)19-12-3-1-2-4-13(12)22-14-16-9-17-18-14/h5-9,12-13,19H,1-4H2,(H,16,17,18)/t12-,13+/m1/s1. The Bertz CT molecular complexity index is 735. The van der Waals surface area contributed by atoms with Crippen LogP contribution in [0, 0.1) is 0 Å². The van der Waals surface area contributed by atoms with Crippen molar-refractivity contribution in [2.24, 2.45) is 0 Å². The normalized spacial score (nSPS) is 22.1. The maximum Gasteiger partial charge on any atom is 0.240 e. The summed E-state index contributed by atoms with van der Waals surface area (Å²) < 4.78 is 28.0. The lowest BCUT2D eigenvalue weighted by atomic mass is 9.96. The number of hydrogen-bond acceptors (Lipinski definition) is 5. The monoisotopic (exact) mass is 372 g/mol. The fraction of sp³-hybridized carbons (Fsp3) is 0.429. The summed E-state index contributed by atoms with van der Waals surface area (Å²) in [5.41, 5.74) is 0. The zero-order valence-electron chi connectivity index (χ0n) is 12.3. The van der Waals surface area contributed by atoms with Crippen molar-refractivity contribution in [3.63, 3.8) is 0 Å². The lowest BCUT2D eigenvalue weighted by Gasteiger charge is -2.30. The van der Waals surface area contributed by atoms with Crippen LogP contribution in [0.3, 0.4) is 0 Å². The minimum Gasteiger partial charge on any atom is -0.254 e. The molecule has 9 heteroatoms. The average molecular weight is 373 g/mol. The Hall–Kier alpha value is -1.09. The summed E-state index contributed by atoms with van der Waals surface area (Å²) in [6.45, 7) is 0. The minimum atomic E-state index is -3.56. The maximum absolute atomic E-state index is 12.6. The predicted octanol–water partition coefficient (Wildman–Crippen LogP) is 2.84. The van der Waals surface area contributed by atoms with Gasteiger partial charge in [0.15, 0.2) is 5.16 Å². The average Bonchev–Trinajstić information content (AvgIpc) is 3.02. The molecule has 1 aromatic heterocycles. The highest BCUT2D eigenvalue weighted by Crippen LogP contribution is 2.32. The first-order valence-corrected chi connectivity index (χ1v) is 10.1. The van der Waals surface area contributed by atoms with Crippen molar-refractivity contribution < 1.29 is 8.42 Å². The summed E-state index contributed by atoms with van der Waals surface area (Å²) in [6.07, 6.45) is 5.32. The Balaban J connectivity index is 1.74. The number of nitrogens with one attached hydrogen (secondary N) is 2. The van der Waals surface area contributed by atoms with Gasteiger partial charge in [0.1, 0.15) is 6.33 Å². The fourth-order valence-corrected chi connectivity index (χ4v) is 5.32. The smallest absolute Gasteiger partial charge is 0.240 e. The first kappa shape index (κ1) is 16.8. The molecule has 2 atom stereocenters. The molecule has 1 fully saturated rings. The van der Waals surface area contributed by atoms with Gasteiger partial charge in [-0.3, -0.25) is 5.10 Å². The molecule has 6 nitrogen and oxygen atoms in total. The number of aromatic amines is 1. The van der Waals surface area contributed by atoms with Gasteiger partial charge in [0, 0.05) is 16.3 Å². The molecule has 23 heavy (non-hydrogen) atoms. The Morgan fingerprint density at radius 2 is 1.96 bits per heavy atom. The zero-order valence-corrected chi connectivity index (χ0v) is 14.7. The summed E-state index contributed by atoms with van der Waals surface area (Å²) in [5, 5.41) is 8.02. The fourth-order valence-electron chi connectivity index (χ4n) is 2.65. The van der Waals surface area contributed by atoms with Gasteiger partial charge in [0.25, 0.3) is 0 Å². The Labute approximate surface area is 144 Å². The molecule has 0 radical (unpaired) electrons. The highest BCUT2D eigenvalue weighted by atomic mass is 35.5. The molecule has 0 unspecified atom stereocenters. The second-order valence-corrected chi connectivity index (χ2v) is 8.79. The molecule has 1 aliphatic rings. The van der Waals surface area contributed by atoms with E-state index in [0.29, 0.717) is 10.2 Å². The molecule has 2 N–H and O–H groups in total. The lowest BCUT2D eigenvalue weighted by molar-refractivity contribution is 0.422. The molecule has 0 bridgehead atoms. The van der Waals surface area contributed by atoms with Crippen molar-refractivity contribution in [2.75, 3.05) is 0 Å². The molecule has 1 aromatic carbocycles. The third kappa shape index (κ3) is 4.26. The number of sulfonamides is 1. The molecule has 1 saturated carbocycles. The summed E-state index contributed by atoms with van der Waals surface area (Å²) >= 11 is 7.36. The van der Waals surface area contributed by atoms with Gasteiger partial charge < -0.3 is 0 Å². The molecule has 0 saturated heterocycles. The van der Waals surface area contributed by atoms with Gasteiger partial charge in [-0.05, 0) is 37.1 Å². The number of benzene rings is 1. The van der Waals surface area contributed by atoms with E-state index in [0.717, 1.165) is 25.7 Å². The van der Waals surface area contributed by atoms with Gasteiger partial charge in [-0.1, -0.05) is 36.2 Å². The van der Waals surface area contributed by atoms with Crippen LogP contribution in [0.2, 0.25) is 5.02 Å². The summed E-state index contributed by atoms with van der Waals surface area (Å²) in [6, 6.07) is 6.08. The Morgan fingerprint density at radius 3 is 2.65 bits per heavy atom. The van der Waals surface area contributed by atoms with Crippen LogP contribution in [0.4, 0.5) is 0 Å². The molecule has 3 rings (SSSR count). The van der Waals surface area contributed by atoms with E-state index in [1.165, 1.54) is 18.5 Å². The van der Waals surface area contributed by atoms with Crippen LogP contribution in [0.15, 0.2) is 40.6 Å². The van der Waals surface area contributed by atoms with E-state index >= 15 is 0 Å². The van der Waals surface area contributed by atoms with Crippen molar-refractivity contribution >= 4 is 33.4 Å². The molecular weight excluding hydrogens is 356 g/mol. The third-order valence-corrected chi connectivity index (χ3v) is 6.83. The van der Waals surface area contributed by atoms with E-state index in [2.05, 4.69) is 19.9 Å². The molecule has 124 valence electrons. The number of halogens is 1. The molecular formula is C14H17ClN4O2S2. The van der Waals surface area contributed by atoms with Crippen LogP contribution >= 0.6 is 23.4 Å². The first-order chi connectivity index (χ1) is 11.0. The molecule has 2 aromatic rings. The molecule has 1 heterocycles. The van der Waals surface area contributed by atoms with E-state index in [9.17, 15) is 8.42 Å². The number of H-pyrrole nitrogens is 1. The highest BCUT2D eigenvalue weighted by Gasteiger charge is 2.30. The first-order valence-electron chi connectivity index (χ1n) is 7.34. The lowest BCUT2D eigenvalue weighted by Crippen LogP contribution is -2.43. The van der Waals surface area contributed by atoms with Crippen LogP contribution in [-0.2, 0) is 10.0 Å². The summed E-state index contributed by atoms with van der Waals surface area (Å²) in [5.74, 6) is 0. The van der Waals surface area contributed by atoms with Crippen molar-refractivity contribution in [1.29, 1.82) is 0 Å². The van der Waals surface area contributed by atoms with Gasteiger partial charge in [-0.15, -0.1) is 0 Å². The third-order valence-electron chi connectivity index (χ3n) is 3.79. The van der Waals surface area contributed by atoms with Crippen LogP contribution in [0.1, 0.15) is 25.7 Å². The van der Waals surface area contributed by atoms with E-state index in [4.69, 9.17) is 11.6 Å². The Kier molecular flexibility index (Phi) is 5.25. The van der Waals surface area contributed by atoms with Crippen molar-refractivity contribution in [2.45, 2.75) is 47.0 Å². The molecule has 0 amide bonds. The van der Waals surface area contributed by atoms with Gasteiger partial charge in [-0.25, -0.2) is 18.1 Å². The molecule has 0 aliphatic heterocycles. The quantitative estimate of drug-likeness (QED) is 0.842. The summed E-state index contributed by atoms with van der Waals surface area (Å²) in [7, 11) is -3.56. The van der Waals surface area contributed by atoms with Gasteiger partial charge in [0.2, 0.25) is 10.0 Å². The van der Waals surface area contributed by atoms with Crippen LogP contribution < -0.4 is 4.72 Å². The minimum absolute atomic E-state index is 0.125. The number of thioether (sulfide) groups is 1. The Morgan fingerprint density at radius 1 is 1.22 bits per heavy atom. The zero-order chi connectivity index (χ0) is 16.3. The largest absolute Gasteiger partial charge is 0.254 e. The number of aromatic nitrogens is 3. The van der Waals surface area contributed by atoms with E-state index < -0.39 is 10.0 Å². The highest BCUT2D eigenvalue weighted by molar-refractivity contribution is 7.99. The molecule has 0 spiro atoms. The van der Waals surface area contributed by atoms with Crippen LogP contribution in [-0.4, -0.2) is 34.9 Å². The van der Waals surface area contributed by atoms with Crippen LogP contribution in [0.25, 0.3) is 0 Å². The van der Waals surface area contributed by atoms with Gasteiger partial charge in [-0.2, -0.15) is 5.10 Å². The van der Waals surface area contributed by atoms with Gasteiger partial charge >= 0.3 is 0 Å². The van der Waals surface area contributed by atoms with Crippen molar-refractivity contribution in [3.8, 4) is 0 Å². The number of rotatable bonds is 5. The topological polar surface area (TPSA) is 87.7 Å². The van der Waals surface area contributed by atoms with E-state index in [1.807, 2.05) is 0 Å². The summed E-state index contributed by atoms with van der Waals surface area (Å²) in [4.78, 5) is 4.35. The second kappa shape index (κ2) is 7.21. The maximum atomic E-state index is 12.6.